The molecule has 3 nitrogen and oxygen atoms in total. The molecule has 1 atom stereocenters. The monoisotopic (exact) mass is 217 g/mol. The summed E-state index contributed by atoms with van der Waals surface area (Å²) >= 11 is 0. The summed E-state index contributed by atoms with van der Waals surface area (Å²) in [5, 5.41) is 3.23. The fourth-order valence-electron chi connectivity index (χ4n) is 1.36. The standard InChI is InChI=1S/C13H19N3/c1-6-11(7-2)15-12-8-10(5)14-13(16-12)9(3)4/h1,8-9,11H,7H2,2-5H3,(H,14,15,16). The molecule has 3 heteroatoms. The summed E-state index contributed by atoms with van der Waals surface area (Å²) in [5.41, 5.74) is 0.966. The van der Waals surface area contributed by atoms with Crippen molar-refractivity contribution in [3.63, 3.8) is 0 Å². The third-order valence-corrected chi connectivity index (χ3v) is 2.32. The number of anilines is 1. The van der Waals surface area contributed by atoms with Crippen LogP contribution in [0.2, 0.25) is 0 Å². The minimum absolute atomic E-state index is 0.0364. The van der Waals surface area contributed by atoms with Crippen LogP contribution in [0.1, 0.15) is 44.6 Å². The number of terminal acetylenes is 1. The van der Waals surface area contributed by atoms with Crippen molar-refractivity contribution in [2.45, 2.75) is 46.1 Å². The van der Waals surface area contributed by atoms with Gasteiger partial charge in [-0.3, -0.25) is 0 Å². The van der Waals surface area contributed by atoms with E-state index in [1.165, 1.54) is 0 Å². The molecule has 16 heavy (non-hydrogen) atoms. The van der Waals surface area contributed by atoms with Gasteiger partial charge in [-0.25, -0.2) is 9.97 Å². The van der Waals surface area contributed by atoms with E-state index in [1.807, 2.05) is 13.0 Å². The first-order valence-corrected chi connectivity index (χ1v) is 5.65. The van der Waals surface area contributed by atoms with E-state index in [0.717, 1.165) is 23.8 Å². The van der Waals surface area contributed by atoms with Crippen LogP contribution in [0, 0.1) is 19.3 Å². The molecule has 1 unspecified atom stereocenters. The molecule has 0 spiro atoms. The number of nitrogens with zero attached hydrogens (tertiary/aromatic N) is 2. The van der Waals surface area contributed by atoms with Gasteiger partial charge in [0, 0.05) is 17.7 Å². The van der Waals surface area contributed by atoms with Crippen molar-refractivity contribution in [1.29, 1.82) is 0 Å². The zero-order chi connectivity index (χ0) is 12.1. The van der Waals surface area contributed by atoms with Gasteiger partial charge in [-0.1, -0.05) is 26.7 Å². The first-order valence-electron chi connectivity index (χ1n) is 5.65. The van der Waals surface area contributed by atoms with Gasteiger partial charge in [0.2, 0.25) is 0 Å². The molecule has 0 aliphatic heterocycles. The lowest BCUT2D eigenvalue weighted by Gasteiger charge is -2.13. The molecule has 86 valence electrons. The minimum Gasteiger partial charge on any atom is -0.356 e. The number of aryl methyl sites for hydroxylation is 1. The average molecular weight is 217 g/mol. The summed E-state index contributed by atoms with van der Waals surface area (Å²) in [5.74, 6) is 4.70. The Labute approximate surface area is 97.7 Å². The maximum Gasteiger partial charge on any atom is 0.133 e. The Morgan fingerprint density at radius 2 is 2.12 bits per heavy atom. The van der Waals surface area contributed by atoms with E-state index >= 15 is 0 Å². The van der Waals surface area contributed by atoms with Gasteiger partial charge in [0.15, 0.2) is 0 Å². The highest BCUT2D eigenvalue weighted by molar-refractivity contribution is 5.39. The van der Waals surface area contributed by atoms with E-state index < -0.39 is 0 Å². The molecule has 0 aliphatic carbocycles. The second kappa shape index (κ2) is 5.50. The molecule has 0 bridgehead atoms. The van der Waals surface area contributed by atoms with E-state index in [2.05, 4.69) is 42.0 Å². The van der Waals surface area contributed by atoms with E-state index in [4.69, 9.17) is 6.42 Å². The smallest absolute Gasteiger partial charge is 0.133 e. The molecule has 1 N–H and O–H groups in total. The van der Waals surface area contributed by atoms with Crippen LogP contribution in [0.4, 0.5) is 5.82 Å². The maximum absolute atomic E-state index is 5.41. The first-order chi connectivity index (χ1) is 7.56. The Hall–Kier alpha value is -1.56. The molecule has 0 saturated carbocycles. The summed E-state index contributed by atoms with van der Waals surface area (Å²) in [7, 11) is 0. The van der Waals surface area contributed by atoms with Crippen molar-refractivity contribution in [3.8, 4) is 12.3 Å². The number of hydrogen-bond donors (Lipinski definition) is 1. The summed E-state index contributed by atoms with van der Waals surface area (Å²) in [4.78, 5) is 8.84. The fraction of sp³-hybridized carbons (Fsp3) is 0.538. The van der Waals surface area contributed by atoms with Crippen LogP contribution in [0.25, 0.3) is 0 Å². The van der Waals surface area contributed by atoms with Gasteiger partial charge in [0.1, 0.15) is 11.6 Å². The zero-order valence-corrected chi connectivity index (χ0v) is 10.4. The number of aromatic nitrogens is 2. The molecule has 0 aromatic carbocycles. The van der Waals surface area contributed by atoms with Gasteiger partial charge in [-0.05, 0) is 13.3 Å². The largest absolute Gasteiger partial charge is 0.356 e. The molecule has 0 amide bonds. The molecule has 0 saturated heterocycles. The van der Waals surface area contributed by atoms with Crippen LogP contribution < -0.4 is 5.32 Å². The third-order valence-electron chi connectivity index (χ3n) is 2.32. The molecular formula is C13H19N3. The number of nitrogens with one attached hydrogen (secondary N) is 1. The van der Waals surface area contributed by atoms with E-state index in [0.29, 0.717) is 5.92 Å². The number of rotatable bonds is 4. The predicted molar refractivity (Wildman–Crippen MR) is 67.4 cm³/mol. The Morgan fingerprint density at radius 3 is 2.62 bits per heavy atom. The lowest BCUT2D eigenvalue weighted by molar-refractivity contribution is 0.761. The molecule has 1 rings (SSSR count). The van der Waals surface area contributed by atoms with Gasteiger partial charge in [-0.15, -0.1) is 6.42 Å². The second-order valence-electron chi connectivity index (χ2n) is 4.18. The molecule has 1 heterocycles. The van der Waals surface area contributed by atoms with Crippen molar-refractivity contribution < 1.29 is 0 Å². The molecular weight excluding hydrogens is 198 g/mol. The Balaban J connectivity index is 2.93. The second-order valence-corrected chi connectivity index (χ2v) is 4.18. The van der Waals surface area contributed by atoms with Gasteiger partial charge >= 0.3 is 0 Å². The maximum atomic E-state index is 5.41. The highest BCUT2D eigenvalue weighted by Crippen LogP contribution is 2.14. The Morgan fingerprint density at radius 1 is 1.44 bits per heavy atom. The lowest BCUT2D eigenvalue weighted by Crippen LogP contribution is -2.17. The molecule has 0 fully saturated rings. The van der Waals surface area contributed by atoms with E-state index in [-0.39, 0.29) is 6.04 Å². The summed E-state index contributed by atoms with van der Waals surface area (Å²) in [6.45, 7) is 8.18. The van der Waals surface area contributed by atoms with Crippen molar-refractivity contribution in [2.24, 2.45) is 0 Å². The van der Waals surface area contributed by atoms with Crippen LogP contribution in [0.15, 0.2) is 6.07 Å². The van der Waals surface area contributed by atoms with Crippen LogP contribution in [0.3, 0.4) is 0 Å². The SMILES string of the molecule is C#CC(CC)Nc1cc(C)nc(C(C)C)n1. The van der Waals surface area contributed by atoms with Crippen molar-refractivity contribution >= 4 is 5.82 Å². The highest BCUT2D eigenvalue weighted by atomic mass is 15.0. The van der Waals surface area contributed by atoms with E-state index in [1.54, 1.807) is 0 Å². The molecule has 0 radical (unpaired) electrons. The topological polar surface area (TPSA) is 37.8 Å². The number of hydrogen-bond acceptors (Lipinski definition) is 3. The van der Waals surface area contributed by atoms with Gasteiger partial charge in [-0.2, -0.15) is 0 Å². The molecule has 0 aliphatic rings. The minimum atomic E-state index is 0.0364. The summed E-state index contributed by atoms with van der Waals surface area (Å²) in [6.07, 6.45) is 6.30. The predicted octanol–water partition coefficient (Wildman–Crippen LogP) is 2.73. The van der Waals surface area contributed by atoms with Crippen LogP contribution >= 0.6 is 0 Å². The zero-order valence-electron chi connectivity index (χ0n) is 10.4. The van der Waals surface area contributed by atoms with Crippen LogP contribution in [-0.2, 0) is 0 Å². The molecule has 1 aromatic heterocycles. The third kappa shape index (κ3) is 3.23. The summed E-state index contributed by atoms with van der Waals surface area (Å²) < 4.78 is 0. The quantitative estimate of drug-likeness (QED) is 0.788. The fourth-order valence-corrected chi connectivity index (χ4v) is 1.36. The highest BCUT2D eigenvalue weighted by Gasteiger charge is 2.08. The summed E-state index contributed by atoms with van der Waals surface area (Å²) in [6, 6.07) is 1.96. The average Bonchev–Trinajstić information content (AvgIpc) is 2.25. The van der Waals surface area contributed by atoms with Crippen molar-refractivity contribution in [3.05, 3.63) is 17.6 Å². The van der Waals surface area contributed by atoms with Gasteiger partial charge < -0.3 is 5.32 Å². The van der Waals surface area contributed by atoms with Crippen LogP contribution in [0.5, 0.6) is 0 Å². The van der Waals surface area contributed by atoms with E-state index in [9.17, 15) is 0 Å². The normalized spacial score (nSPS) is 12.2. The van der Waals surface area contributed by atoms with Crippen molar-refractivity contribution in [2.75, 3.05) is 5.32 Å². The van der Waals surface area contributed by atoms with Crippen LogP contribution in [-0.4, -0.2) is 16.0 Å². The Bertz CT molecular complexity index is 391. The lowest BCUT2D eigenvalue weighted by atomic mass is 10.2. The van der Waals surface area contributed by atoms with Gasteiger partial charge in [0.05, 0.1) is 6.04 Å². The first kappa shape index (κ1) is 12.5. The van der Waals surface area contributed by atoms with Gasteiger partial charge in [0.25, 0.3) is 0 Å². The van der Waals surface area contributed by atoms with Crippen molar-refractivity contribution in [1.82, 2.24) is 9.97 Å². The molecule has 1 aromatic rings. The Kier molecular flexibility index (Phi) is 4.30.